The van der Waals surface area contributed by atoms with Crippen LogP contribution in [0.25, 0.3) is 0 Å². The minimum Gasteiger partial charge on any atom is -0.460 e. The molecule has 0 heterocycles. The van der Waals surface area contributed by atoms with Crippen molar-refractivity contribution in [2.45, 2.75) is 51.2 Å². The molecule has 2 aliphatic rings. The molecule has 5 atom stereocenters. The molecule has 0 spiro atoms. The quantitative estimate of drug-likeness (QED) is 0.701. The highest BCUT2D eigenvalue weighted by Crippen LogP contribution is 2.49. The van der Waals surface area contributed by atoms with Gasteiger partial charge < -0.3 is 9.47 Å². The number of esters is 1. The molecule has 4 heteroatoms. The Balaban J connectivity index is 1.57. The zero-order valence-corrected chi connectivity index (χ0v) is 14.6. The van der Waals surface area contributed by atoms with E-state index in [-0.39, 0.29) is 18.2 Å². The zero-order valence-electron chi connectivity index (χ0n) is 13.8. The topological polar surface area (TPSA) is 35.5 Å². The highest BCUT2D eigenvalue weighted by molar-refractivity contribution is 6.31. The van der Waals surface area contributed by atoms with E-state index < -0.39 is 0 Å². The minimum atomic E-state index is -0.356. The summed E-state index contributed by atoms with van der Waals surface area (Å²) < 4.78 is 11.2. The summed E-state index contributed by atoms with van der Waals surface area (Å²) in [5.74, 6) is 2.01. The highest BCUT2D eigenvalue weighted by atomic mass is 35.5. The van der Waals surface area contributed by atoms with Gasteiger partial charge >= 0.3 is 5.97 Å². The third-order valence-electron chi connectivity index (χ3n) is 5.52. The summed E-state index contributed by atoms with van der Waals surface area (Å²) >= 11 is 6.24. The molecule has 0 aliphatic heterocycles. The smallest absolute Gasteiger partial charge is 0.306 e. The highest BCUT2D eigenvalue weighted by Gasteiger charge is 2.40. The van der Waals surface area contributed by atoms with Crippen LogP contribution in [0.1, 0.15) is 50.7 Å². The van der Waals surface area contributed by atoms with Gasteiger partial charge in [0.05, 0.1) is 0 Å². The molecule has 2 bridgehead atoms. The first-order valence-corrected chi connectivity index (χ1v) is 8.93. The van der Waals surface area contributed by atoms with Gasteiger partial charge in [0.2, 0.25) is 0 Å². The first-order chi connectivity index (χ1) is 11.1. The molecule has 2 aliphatic carbocycles. The van der Waals surface area contributed by atoms with E-state index in [1.54, 1.807) is 7.11 Å². The Hall–Kier alpha value is -1.06. The lowest BCUT2D eigenvalue weighted by Gasteiger charge is -2.26. The second-order valence-electron chi connectivity index (χ2n) is 7.01. The number of carbonyl (C=O) groups excluding carboxylic acids is 1. The molecule has 0 N–H and O–H groups in total. The number of methoxy groups -OCH3 is 1. The van der Waals surface area contributed by atoms with E-state index in [2.05, 4.69) is 0 Å². The van der Waals surface area contributed by atoms with Crippen LogP contribution in [-0.4, -0.2) is 19.2 Å². The molecule has 126 valence electrons. The second kappa shape index (κ2) is 7.23. The summed E-state index contributed by atoms with van der Waals surface area (Å²) in [7, 11) is 1.62. The predicted octanol–water partition coefficient (Wildman–Crippen LogP) is 4.79. The van der Waals surface area contributed by atoms with Crippen LogP contribution in [0.2, 0.25) is 5.02 Å². The fraction of sp³-hybridized carbons (Fsp3) is 0.632. The second-order valence-corrected chi connectivity index (χ2v) is 7.42. The number of rotatable bonds is 6. The Kier molecular flexibility index (Phi) is 5.27. The Morgan fingerprint density at radius 1 is 1.30 bits per heavy atom. The van der Waals surface area contributed by atoms with Crippen LogP contribution in [0.4, 0.5) is 0 Å². The maximum absolute atomic E-state index is 12.3. The number of ether oxygens (including phenoxy) is 2. The average Bonchev–Trinajstić information content (AvgIpc) is 3.12. The summed E-state index contributed by atoms with van der Waals surface area (Å²) in [5.41, 5.74) is 0.858. The van der Waals surface area contributed by atoms with Crippen LogP contribution in [-0.2, 0) is 14.3 Å². The monoisotopic (exact) mass is 336 g/mol. The predicted molar refractivity (Wildman–Crippen MR) is 90.3 cm³/mol. The van der Waals surface area contributed by atoms with Crippen LogP contribution in [0, 0.1) is 17.8 Å². The van der Waals surface area contributed by atoms with Gasteiger partial charge in [-0.3, -0.25) is 4.79 Å². The lowest BCUT2D eigenvalue weighted by Crippen LogP contribution is -2.26. The molecule has 2 fully saturated rings. The number of carbonyl (C=O) groups is 1. The van der Waals surface area contributed by atoms with Gasteiger partial charge in [-0.05, 0) is 50.0 Å². The Bertz CT molecular complexity index is 559. The van der Waals surface area contributed by atoms with E-state index in [0.717, 1.165) is 17.4 Å². The van der Waals surface area contributed by atoms with Gasteiger partial charge in [-0.15, -0.1) is 0 Å². The van der Waals surface area contributed by atoms with Crippen molar-refractivity contribution in [1.29, 1.82) is 0 Å². The third-order valence-corrected chi connectivity index (χ3v) is 5.87. The van der Waals surface area contributed by atoms with Gasteiger partial charge in [0, 0.05) is 24.1 Å². The number of benzene rings is 1. The van der Waals surface area contributed by atoms with Crippen LogP contribution >= 0.6 is 11.6 Å². The van der Waals surface area contributed by atoms with Gasteiger partial charge in [0.25, 0.3) is 0 Å². The van der Waals surface area contributed by atoms with Gasteiger partial charge in [-0.2, -0.15) is 0 Å². The van der Waals surface area contributed by atoms with Crippen molar-refractivity contribution in [1.82, 2.24) is 0 Å². The normalized spacial score (nSPS) is 28.6. The third kappa shape index (κ3) is 3.72. The molecule has 1 aromatic rings. The first-order valence-electron chi connectivity index (χ1n) is 8.55. The molecule has 23 heavy (non-hydrogen) atoms. The Morgan fingerprint density at radius 3 is 2.70 bits per heavy atom. The Labute approximate surface area is 143 Å². The van der Waals surface area contributed by atoms with Crippen molar-refractivity contribution < 1.29 is 14.3 Å². The van der Waals surface area contributed by atoms with Crippen molar-refractivity contribution in [3.8, 4) is 0 Å². The molecule has 0 radical (unpaired) electrons. The van der Waals surface area contributed by atoms with Crippen molar-refractivity contribution in [2.75, 3.05) is 7.11 Å². The maximum Gasteiger partial charge on any atom is 0.306 e. The SMILES string of the molecule is CO[C@H](c1ccccc1Cl)[C@@H](C)OC(=O)CC1CC2CCC1C2. The molecule has 3 nitrogen and oxygen atoms in total. The number of hydrogen-bond acceptors (Lipinski definition) is 3. The number of hydrogen-bond donors (Lipinski definition) is 0. The van der Waals surface area contributed by atoms with E-state index in [1.165, 1.54) is 25.7 Å². The molecule has 2 saturated carbocycles. The van der Waals surface area contributed by atoms with Gasteiger partial charge in [0.1, 0.15) is 12.2 Å². The molecule has 3 unspecified atom stereocenters. The lowest BCUT2D eigenvalue weighted by atomic mass is 9.86. The van der Waals surface area contributed by atoms with E-state index in [1.807, 2.05) is 31.2 Å². The van der Waals surface area contributed by atoms with Crippen LogP contribution in [0.3, 0.4) is 0 Å². The number of fused-ring (bicyclic) bond motifs is 2. The van der Waals surface area contributed by atoms with Gasteiger partial charge in [0.15, 0.2) is 0 Å². The molecular weight excluding hydrogens is 312 g/mol. The lowest BCUT2D eigenvalue weighted by molar-refractivity contribution is -0.156. The fourth-order valence-corrected chi connectivity index (χ4v) is 4.68. The van der Waals surface area contributed by atoms with Gasteiger partial charge in [-0.25, -0.2) is 0 Å². The summed E-state index contributed by atoms with van der Waals surface area (Å²) in [4.78, 5) is 12.3. The first kappa shape index (κ1) is 16.8. The summed E-state index contributed by atoms with van der Waals surface area (Å²) in [6, 6.07) is 7.53. The van der Waals surface area contributed by atoms with E-state index >= 15 is 0 Å². The minimum absolute atomic E-state index is 0.107. The van der Waals surface area contributed by atoms with E-state index in [0.29, 0.717) is 17.4 Å². The molecule has 3 rings (SSSR count). The maximum atomic E-state index is 12.3. The van der Waals surface area contributed by atoms with Crippen molar-refractivity contribution >= 4 is 17.6 Å². The summed E-state index contributed by atoms with van der Waals surface area (Å²) in [5, 5.41) is 0.635. The van der Waals surface area contributed by atoms with Crippen molar-refractivity contribution in [3.05, 3.63) is 34.9 Å². The molecular formula is C19H25ClO3. The van der Waals surface area contributed by atoms with E-state index in [9.17, 15) is 4.79 Å². The zero-order chi connectivity index (χ0) is 16.4. The largest absolute Gasteiger partial charge is 0.460 e. The summed E-state index contributed by atoms with van der Waals surface area (Å²) in [6.45, 7) is 1.87. The van der Waals surface area contributed by atoms with Crippen molar-refractivity contribution in [2.24, 2.45) is 17.8 Å². The summed E-state index contributed by atoms with van der Waals surface area (Å²) in [6.07, 6.45) is 5.01. The molecule has 1 aromatic carbocycles. The molecule has 0 aromatic heterocycles. The van der Waals surface area contributed by atoms with Crippen LogP contribution in [0.15, 0.2) is 24.3 Å². The van der Waals surface area contributed by atoms with Crippen molar-refractivity contribution in [3.63, 3.8) is 0 Å². The standard InChI is InChI=1S/C19H25ClO3/c1-12(19(22-2)16-5-3-4-6-17(16)20)23-18(21)11-15-10-13-7-8-14(15)9-13/h3-6,12-15,19H,7-11H2,1-2H3/t12-,13?,14?,15?,19+/m1/s1. The molecule has 0 amide bonds. The Morgan fingerprint density at radius 2 is 2.09 bits per heavy atom. The van der Waals surface area contributed by atoms with E-state index in [4.69, 9.17) is 21.1 Å². The molecule has 0 saturated heterocycles. The fourth-order valence-electron chi connectivity index (χ4n) is 4.44. The van der Waals surface area contributed by atoms with Crippen LogP contribution < -0.4 is 0 Å². The van der Waals surface area contributed by atoms with Gasteiger partial charge in [-0.1, -0.05) is 36.2 Å². The van der Waals surface area contributed by atoms with Crippen LogP contribution in [0.5, 0.6) is 0 Å². The average molecular weight is 337 g/mol. The number of halogens is 1.